The van der Waals surface area contributed by atoms with Gasteiger partial charge >= 0.3 is 5.97 Å². The van der Waals surface area contributed by atoms with Crippen molar-refractivity contribution in [1.82, 2.24) is 0 Å². The zero-order valence-corrected chi connectivity index (χ0v) is 11.7. The van der Waals surface area contributed by atoms with Gasteiger partial charge in [-0.3, -0.25) is 4.79 Å². The normalized spacial score (nSPS) is 10.0. The van der Waals surface area contributed by atoms with Crippen LogP contribution in [0, 0.1) is 6.92 Å². The van der Waals surface area contributed by atoms with Gasteiger partial charge in [-0.15, -0.1) is 0 Å². The number of carbonyl (C=O) groups excluding carboxylic acids is 2. The van der Waals surface area contributed by atoms with Gasteiger partial charge in [0.1, 0.15) is 5.75 Å². The number of aryl methyl sites for hydroxylation is 1. The fourth-order valence-electron chi connectivity index (χ4n) is 1.91. The minimum atomic E-state index is -0.542. The second-order valence-electron chi connectivity index (χ2n) is 4.46. The molecule has 0 atom stereocenters. The Kier molecular flexibility index (Phi) is 4.23. The lowest BCUT2D eigenvalue weighted by Crippen LogP contribution is -2.15. The summed E-state index contributed by atoms with van der Waals surface area (Å²) in [5.41, 5.74) is 1.33. The maximum absolute atomic E-state index is 12.2. The molecule has 2 N–H and O–H groups in total. The second kappa shape index (κ2) is 6.09. The molecule has 0 aliphatic rings. The fraction of sp³-hybridized carbons (Fsp3) is 0.125. The standard InChI is InChI=1S/C16H15NO4/c1-10-6-5-8-12(14(10)18)15(19)17-13-9-4-3-7-11(13)16(20)21-2/h3-9,18H,1-2H3,(H,17,19). The number of phenols is 1. The summed E-state index contributed by atoms with van der Waals surface area (Å²) in [7, 11) is 1.27. The van der Waals surface area contributed by atoms with Crippen molar-refractivity contribution in [1.29, 1.82) is 0 Å². The Bertz CT molecular complexity index is 694. The van der Waals surface area contributed by atoms with E-state index in [1.165, 1.54) is 13.2 Å². The average molecular weight is 285 g/mol. The molecule has 2 aromatic carbocycles. The van der Waals surface area contributed by atoms with Crippen LogP contribution >= 0.6 is 0 Å². The van der Waals surface area contributed by atoms with Crippen molar-refractivity contribution in [3.63, 3.8) is 0 Å². The van der Waals surface area contributed by atoms with E-state index >= 15 is 0 Å². The van der Waals surface area contributed by atoms with Crippen LogP contribution in [0.4, 0.5) is 5.69 Å². The number of carbonyl (C=O) groups is 2. The molecule has 1 amide bonds. The first-order valence-electron chi connectivity index (χ1n) is 6.32. The molecule has 0 saturated heterocycles. The topological polar surface area (TPSA) is 75.6 Å². The van der Waals surface area contributed by atoms with E-state index in [9.17, 15) is 14.7 Å². The number of nitrogens with one attached hydrogen (secondary N) is 1. The molecule has 0 unspecified atom stereocenters. The number of hydrogen-bond donors (Lipinski definition) is 2. The maximum atomic E-state index is 12.2. The highest BCUT2D eigenvalue weighted by molar-refractivity contribution is 6.09. The molecule has 5 nitrogen and oxygen atoms in total. The number of methoxy groups -OCH3 is 1. The van der Waals surface area contributed by atoms with E-state index in [2.05, 4.69) is 10.1 Å². The highest BCUT2D eigenvalue weighted by atomic mass is 16.5. The van der Waals surface area contributed by atoms with E-state index in [-0.39, 0.29) is 16.9 Å². The fourth-order valence-corrected chi connectivity index (χ4v) is 1.91. The third kappa shape index (κ3) is 3.02. The van der Waals surface area contributed by atoms with E-state index < -0.39 is 11.9 Å². The number of anilines is 1. The molecule has 0 heterocycles. The van der Waals surface area contributed by atoms with Gasteiger partial charge < -0.3 is 15.2 Å². The van der Waals surface area contributed by atoms with Gasteiger partial charge in [0.25, 0.3) is 5.91 Å². The first kappa shape index (κ1) is 14.6. The highest BCUT2D eigenvalue weighted by Crippen LogP contribution is 2.23. The van der Waals surface area contributed by atoms with Gasteiger partial charge in [0.05, 0.1) is 23.9 Å². The molecule has 0 aromatic heterocycles. The van der Waals surface area contributed by atoms with E-state index in [1.807, 2.05) is 0 Å². The van der Waals surface area contributed by atoms with Crippen LogP contribution in [0.5, 0.6) is 5.75 Å². The predicted molar refractivity (Wildman–Crippen MR) is 78.6 cm³/mol. The van der Waals surface area contributed by atoms with Crippen molar-refractivity contribution in [3.8, 4) is 5.75 Å². The molecule has 2 aromatic rings. The SMILES string of the molecule is COC(=O)c1ccccc1NC(=O)c1cccc(C)c1O. The van der Waals surface area contributed by atoms with Crippen LogP contribution in [0.15, 0.2) is 42.5 Å². The number of amides is 1. The van der Waals surface area contributed by atoms with Crippen LogP contribution < -0.4 is 5.32 Å². The Balaban J connectivity index is 2.32. The first-order chi connectivity index (χ1) is 10.0. The second-order valence-corrected chi connectivity index (χ2v) is 4.46. The lowest BCUT2D eigenvalue weighted by Gasteiger charge is -2.11. The smallest absolute Gasteiger partial charge is 0.339 e. The molecule has 0 radical (unpaired) electrons. The van der Waals surface area contributed by atoms with E-state index in [0.29, 0.717) is 11.3 Å². The van der Waals surface area contributed by atoms with Crippen molar-refractivity contribution in [3.05, 3.63) is 59.2 Å². The van der Waals surface area contributed by atoms with Crippen LogP contribution in [0.3, 0.4) is 0 Å². The Labute approximate surface area is 122 Å². The maximum Gasteiger partial charge on any atom is 0.339 e. The summed E-state index contributed by atoms with van der Waals surface area (Å²) in [5.74, 6) is -1.11. The number of ether oxygens (including phenoxy) is 1. The first-order valence-corrected chi connectivity index (χ1v) is 6.32. The van der Waals surface area contributed by atoms with E-state index in [4.69, 9.17) is 0 Å². The van der Waals surface area contributed by atoms with Gasteiger partial charge in [-0.25, -0.2) is 4.79 Å². The van der Waals surface area contributed by atoms with Crippen LogP contribution in [0.2, 0.25) is 0 Å². The Hall–Kier alpha value is -2.82. The number of esters is 1. The number of benzene rings is 2. The van der Waals surface area contributed by atoms with Crippen LogP contribution in [-0.2, 0) is 4.74 Å². The van der Waals surface area contributed by atoms with Crippen molar-refractivity contribution >= 4 is 17.6 Å². The largest absolute Gasteiger partial charge is 0.507 e. The molecule has 0 fully saturated rings. The van der Waals surface area contributed by atoms with Crippen LogP contribution in [-0.4, -0.2) is 24.1 Å². The minimum Gasteiger partial charge on any atom is -0.507 e. The predicted octanol–water partition coefficient (Wildman–Crippen LogP) is 2.74. The molecule has 0 saturated carbocycles. The molecule has 0 bridgehead atoms. The minimum absolute atomic E-state index is 0.0782. The van der Waals surface area contributed by atoms with Gasteiger partial charge in [0.15, 0.2) is 0 Å². The van der Waals surface area contributed by atoms with Crippen LogP contribution in [0.25, 0.3) is 0 Å². The van der Waals surface area contributed by atoms with Crippen molar-refractivity contribution in [2.45, 2.75) is 6.92 Å². The average Bonchev–Trinajstić information content (AvgIpc) is 2.49. The molecule has 0 aliphatic carbocycles. The zero-order chi connectivity index (χ0) is 15.4. The molecule has 2 rings (SSSR count). The number of phenolic OH excluding ortho intramolecular Hbond substituents is 1. The van der Waals surface area contributed by atoms with Gasteiger partial charge in [0, 0.05) is 0 Å². The summed E-state index contributed by atoms with van der Waals surface area (Å²) in [6.45, 7) is 1.70. The van der Waals surface area contributed by atoms with Gasteiger partial charge in [-0.05, 0) is 30.7 Å². The molecule has 0 spiro atoms. The summed E-state index contributed by atoms with van der Waals surface area (Å²) in [6.07, 6.45) is 0. The third-order valence-corrected chi connectivity index (χ3v) is 3.06. The van der Waals surface area contributed by atoms with Crippen molar-refractivity contribution < 1.29 is 19.4 Å². The van der Waals surface area contributed by atoms with Gasteiger partial charge in [-0.2, -0.15) is 0 Å². The van der Waals surface area contributed by atoms with E-state index in [1.54, 1.807) is 43.3 Å². The summed E-state index contributed by atoms with van der Waals surface area (Å²) < 4.78 is 4.67. The number of aromatic hydroxyl groups is 1. The molecule has 5 heteroatoms. The Morgan fingerprint density at radius 2 is 1.71 bits per heavy atom. The van der Waals surface area contributed by atoms with Gasteiger partial charge in [-0.1, -0.05) is 24.3 Å². The lowest BCUT2D eigenvalue weighted by molar-refractivity contribution is 0.0602. The van der Waals surface area contributed by atoms with E-state index in [0.717, 1.165) is 0 Å². The lowest BCUT2D eigenvalue weighted by atomic mass is 10.1. The Morgan fingerprint density at radius 3 is 2.43 bits per heavy atom. The zero-order valence-electron chi connectivity index (χ0n) is 11.7. The summed E-state index contributed by atoms with van der Waals surface area (Å²) in [4.78, 5) is 23.9. The number of rotatable bonds is 3. The summed E-state index contributed by atoms with van der Waals surface area (Å²) >= 11 is 0. The number of hydrogen-bond acceptors (Lipinski definition) is 4. The quantitative estimate of drug-likeness (QED) is 0.850. The monoisotopic (exact) mass is 285 g/mol. The highest BCUT2D eigenvalue weighted by Gasteiger charge is 2.16. The number of para-hydroxylation sites is 2. The summed E-state index contributed by atoms with van der Waals surface area (Å²) in [6, 6.07) is 11.4. The van der Waals surface area contributed by atoms with Gasteiger partial charge in [0.2, 0.25) is 0 Å². The summed E-state index contributed by atoms with van der Waals surface area (Å²) in [5, 5.41) is 12.5. The van der Waals surface area contributed by atoms with Crippen molar-refractivity contribution in [2.75, 3.05) is 12.4 Å². The molecule has 0 aliphatic heterocycles. The molecular weight excluding hydrogens is 270 g/mol. The molecule has 108 valence electrons. The molecule has 21 heavy (non-hydrogen) atoms. The Morgan fingerprint density at radius 1 is 1.05 bits per heavy atom. The third-order valence-electron chi connectivity index (χ3n) is 3.06. The van der Waals surface area contributed by atoms with Crippen molar-refractivity contribution in [2.24, 2.45) is 0 Å². The molecular formula is C16H15NO4. The van der Waals surface area contributed by atoms with Crippen LogP contribution in [0.1, 0.15) is 26.3 Å².